The molecule has 0 aromatic heterocycles. The van der Waals surface area contributed by atoms with E-state index in [2.05, 4.69) is 32.7 Å². The average Bonchev–Trinajstić information content (AvgIpc) is 2.79. The van der Waals surface area contributed by atoms with E-state index in [1.54, 1.807) is 24.3 Å². The molecule has 0 saturated carbocycles. The highest BCUT2D eigenvalue weighted by molar-refractivity contribution is 6.06. The number of carbonyl (C=O) groups is 3. The first-order valence-corrected chi connectivity index (χ1v) is 10.3. The summed E-state index contributed by atoms with van der Waals surface area (Å²) in [6.07, 6.45) is 0.00480. The fraction of sp³-hybridized carbons (Fsp3) is 0.304. The Hall–Kier alpha value is -3.68. The zero-order chi connectivity index (χ0) is 21.8. The molecule has 2 amide bonds. The zero-order valence-corrected chi connectivity index (χ0v) is 17.4. The van der Waals surface area contributed by atoms with Crippen LogP contribution in [0.1, 0.15) is 23.7 Å². The Morgan fingerprint density at radius 1 is 0.968 bits per heavy atom. The van der Waals surface area contributed by atoms with Gasteiger partial charge in [-0.2, -0.15) is 0 Å². The second-order valence-electron chi connectivity index (χ2n) is 7.65. The maximum atomic E-state index is 12.7. The number of rotatable bonds is 4. The van der Waals surface area contributed by atoms with E-state index in [-0.39, 0.29) is 24.0 Å². The summed E-state index contributed by atoms with van der Waals surface area (Å²) in [5.74, 6) is -0.145. The van der Waals surface area contributed by atoms with Crippen LogP contribution in [-0.2, 0) is 9.59 Å². The minimum Gasteiger partial charge on any atom is -0.368 e. The van der Waals surface area contributed by atoms with Gasteiger partial charge in [-0.15, -0.1) is 0 Å². The highest BCUT2D eigenvalue weighted by Crippen LogP contribution is 2.17. The van der Waals surface area contributed by atoms with Gasteiger partial charge in [-0.1, -0.05) is 18.2 Å². The van der Waals surface area contributed by atoms with Crippen LogP contribution in [0.25, 0.3) is 0 Å². The third-order valence-corrected chi connectivity index (χ3v) is 5.47. The minimum atomic E-state index is -0.789. The van der Waals surface area contributed by atoms with Gasteiger partial charge in [-0.3, -0.25) is 19.7 Å². The number of nitrogens with zero attached hydrogens (tertiary/aromatic N) is 3. The van der Waals surface area contributed by atoms with E-state index in [1.165, 1.54) is 12.6 Å². The summed E-state index contributed by atoms with van der Waals surface area (Å²) >= 11 is 0. The lowest BCUT2D eigenvalue weighted by Gasteiger charge is -2.38. The predicted molar refractivity (Wildman–Crippen MR) is 119 cm³/mol. The fourth-order valence-electron chi connectivity index (χ4n) is 3.72. The van der Waals surface area contributed by atoms with E-state index < -0.39 is 6.04 Å². The first kappa shape index (κ1) is 20.6. The zero-order valence-electron chi connectivity index (χ0n) is 17.4. The van der Waals surface area contributed by atoms with Gasteiger partial charge in [-0.25, -0.2) is 4.99 Å². The molecular formula is C23H25N5O3. The van der Waals surface area contributed by atoms with Crippen LogP contribution in [-0.4, -0.2) is 60.7 Å². The van der Waals surface area contributed by atoms with Crippen molar-refractivity contribution >= 4 is 34.9 Å². The monoisotopic (exact) mass is 419 g/mol. The molecule has 160 valence electrons. The first-order valence-electron chi connectivity index (χ1n) is 10.3. The number of nitrogens with one attached hydrogen (secondary N) is 2. The molecule has 4 rings (SSSR count). The Morgan fingerprint density at radius 3 is 2.26 bits per heavy atom. The molecule has 8 heteroatoms. The van der Waals surface area contributed by atoms with Gasteiger partial charge in [0.15, 0.2) is 5.78 Å². The number of hydrogen-bond donors (Lipinski definition) is 2. The van der Waals surface area contributed by atoms with Crippen LogP contribution in [0.15, 0.2) is 59.6 Å². The standard InChI is InChI=1S/C23H25N5O3/c1-16(29)17-7-9-18(10-8-17)24-22(31)20-15-21(30)26-23(25-20)28-13-11-27(12-14-28)19-5-3-2-4-6-19/h2-10,20H,11-15H2,1H3,(H,24,31)(H,25,26,30)/t20-/m0/s1. The van der Waals surface area contributed by atoms with Gasteiger partial charge in [0.1, 0.15) is 6.04 Å². The normalized spacial score (nSPS) is 18.8. The maximum absolute atomic E-state index is 12.7. The summed E-state index contributed by atoms with van der Waals surface area (Å²) in [4.78, 5) is 45.2. The number of guanidine groups is 1. The lowest BCUT2D eigenvalue weighted by Crippen LogP contribution is -2.56. The van der Waals surface area contributed by atoms with Crippen LogP contribution in [0.3, 0.4) is 0 Å². The molecular weight excluding hydrogens is 394 g/mol. The summed E-state index contributed by atoms with van der Waals surface area (Å²) in [6.45, 7) is 4.50. The van der Waals surface area contributed by atoms with Crippen LogP contribution in [0, 0.1) is 0 Å². The number of aliphatic imine (C=N–C) groups is 1. The molecule has 8 nitrogen and oxygen atoms in total. The molecule has 2 N–H and O–H groups in total. The minimum absolute atomic E-state index is 0.00480. The molecule has 2 aliphatic rings. The van der Waals surface area contributed by atoms with E-state index in [0.29, 0.717) is 30.3 Å². The number of Topliss-reactive ketones (excluding diaryl/α,β-unsaturated/α-hetero) is 1. The number of ketones is 1. The lowest BCUT2D eigenvalue weighted by atomic mass is 10.1. The number of para-hydroxylation sites is 1. The first-order chi connectivity index (χ1) is 15.0. The van der Waals surface area contributed by atoms with Crippen molar-refractivity contribution in [3.63, 3.8) is 0 Å². The van der Waals surface area contributed by atoms with Gasteiger partial charge in [0.25, 0.3) is 0 Å². The van der Waals surface area contributed by atoms with Crippen molar-refractivity contribution in [1.82, 2.24) is 10.2 Å². The highest BCUT2D eigenvalue weighted by Gasteiger charge is 2.30. The van der Waals surface area contributed by atoms with Crippen molar-refractivity contribution in [3.05, 3.63) is 60.2 Å². The molecule has 2 heterocycles. The van der Waals surface area contributed by atoms with Crippen LogP contribution < -0.4 is 15.5 Å². The van der Waals surface area contributed by atoms with Crippen molar-refractivity contribution in [3.8, 4) is 0 Å². The molecule has 1 fully saturated rings. The third-order valence-electron chi connectivity index (χ3n) is 5.47. The number of amides is 2. The molecule has 2 aromatic rings. The van der Waals surface area contributed by atoms with Crippen LogP contribution in [0.5, 0.6) is 0 Å². The van der Waals surface area contributed by atoms with Gasteiger partial charge >= 0.3 is 0 Å². The van der Waals surface area contributed by atoms with E-state index in [9.17, 15) is 14.4 Å². The SMILES string of the molecule is CC(=O)c1ccc(NC(=O)[C@@H]2CC(=O)NC(N3CCN(c4ccccc4)CC3)=N2)cc1. The second kappa shape index (κ2) is 8.99. The van der Waals surface area contributed by atoms with Crippen molar-refractivity contribution in [1.29, 1.82) is 0 Å². The number of piperazine rings is 1. The molecule has 0 unspecified atom stereocenters. The molecule has 2 aromatic carbocycles. The average molecular weight is 419 g/mol. The maximum Gasteiger partial charge on any atom is 0.249 e. The van der Waals surface area contributed by atoms with Crippen molar-refractivity contribution in [2.45, 2.75) is 19.4 Å². The Kier molecular flexibility index (Phi) is 5.97. The Labute approximate surface area is 180 Å². The number of anilines is 2. The summed E-state index contributed by atoms with van der Waals surface area (Å²) in [5, 5.41) is 5.60. The summed E-state index contributed by atoms with van der Waals surface area (Å²) in [7, 11) is 0. The summed E-state index contributed by atoms with van der Waals surface area (Å²) < 4.78 is 0. The summed E-state index contributed by atoms with van der Waals surface area (Å²) in [6, 6.07) is 16.1. The molecule has 0 spiro atoms. The summed E-state index contributed by atoms with van der Waals surface area (Å²) in [5.41, 5.74) is 2.31. The van der Waals surface area contributed by atoms with Gasteiger partial charge in [0.05, 0.1) is 6.42 Å². The van der Waals surface area contributed by atoms with Gasteiger partial charge in [0, 0.05) is 43.1 Å². The van der Waals surface area contributed by atoms with Crippen molar-refractivity contribution < 1.29 is 14.4 Å². The molecule has 0 radical (unpaired) electrons. The molecule has 31 heavy (non-hydrogen) atoms. The second-order valence-corrected chi connectivity index (χ2v) is 7.65. The van der Waals surface area contributed by atoms with Crippen LogP contribution in [0.4, 0.5) is 11.4 Å². The van der Waals surface area contributed by atoms with Gasteiger partial charge < -0.3 is 15.1 Å². The van der Waals surface area contributed by atoms with Crippen molar-refractivity contribution in [2.24, 2.45) is 4.99 Å². The van der Waals surface area contributed by atoms with E-state index in [0.717, 1.165) is 13.1 Å². The predicted octanol–water partition coefficient (Wildman–Crippen LogP) is 1.89. The number of benzene rings is 2. The molecule has 0 aliphatic carbocycles. The topological polar surface area (TPSA) is 94.1 Å². The molecule has 2 aliphatic heterocycles. The highest BCUT2D eigenvalue weighted by atomic mass is 16.2. The molecule has 0 bridgehead atoms. The van der Waals surface area contributed by atoms with Gasteiger partial charge in [-0.05, 0) is 43.3 Å². The Bertz CT molecular complexity index is 996. The van der Waals surface area contributed by atoms with E-state index in [1.807, 2.05) is 23.1 Å². The van der Waals surface area contributed by atoms with Gasteiger partial charge in [0.2, 0.25) is 17.8 Å². The smallest absolute Gasteiger partial charge is 0.249 e. The quantitative estimate of drug-likeness (QED) is 0.739. The fourth-order valence-corrected chi connectivity index (χ4v) is 3.72. The van der Waals surface area contributed by atoms with Crippen LogP contribution >= 0.6 is 0 Å². The van der Waals surface area contributed by atoms with E-state index in [4.69, 9.17) is 0 Å². The molecule has 1 atom stereocenters. The largest absolute Gasteiger partial charge is 0.368 e. The lowest BCUT2D eigenvalue weighted by molar-refractivity contribution is -0.125. The third kappa shape index (κ3) is 4.91. The number of hydrogen-bond acceptors (Lipinski definition) is 6. The Balaban J connectivity index is 1.40. The Morgan fingerprint density at radius 2 is 1.61 bits per heavy atom. The number of carbonyl (C=O) groups excluding carboxylic acids is 3. The van der Waals surface area contributed by atoms with Crippen molar-refractivity contribution in [2.75, 3.05) is 36.4 Å². The van der Waals surface area contributed by atoms with Crippen LogP contribution in [0.2, 0.25) is 0 Å². The van der Waals surface area contributed by atoms with E-state index >= 15 is 0 Å². The molecule has 1 saturated heterocycles.